The smallest absolute Gasteiger partial charge is 0.178 e. The van der Waals surface area contributed by atoms with Gasteiger partial charge in [0.15, 0.2) is 11.6 Å². The maximum atomic E-state index is 12.6. The summed E-state index contributed by atoms with van der Waals surface area (Å²) in [6.07, 6.45) is 14.4. The predicted octanol–water partition coefficient (Wildman–Crippen LogP) is 11.2. The summed E-state index contributed by atoms with van der Waals surface area (Å²) in [5.74, 6) is 0.958. The first-order valence-electron chi connectivity index (χ1n) is 18.1. The second kappa shape index (κ2) is 13.6. The number of ketones is 2. The van der Waals surface area contributed by atoms with Crippen LogP contribution in [0.15, 0.2) is 181 Å². The Bertz CT molecular complexity index is 2470. The molecule has 0 aliphatic heterocycles. The van der Waals surface area contributed by atoms with Crippen molar-refractivity contribution in [3.05, 3.63) is 203 Å². The minimum absolute atomic E-state index is 0.0422. The highest BCUT2D eigenvalue weighted by Gasteiger charge is 2.41. The molecule has 2 atom stereocenters. The minimum Gasteiger partial charge on any atom is -0.497 e. The van der Waals surface area contributed by atoms with Gasteiger partial charge in [-0.05, 0) is 126 Å². The highest BCUT2D eigenvalue weighted by atomic mass is 16.5. The van der Waals surface area contributed by atoms with Crippen LogP contribution in [0.25, 0.3) is 43.8 Å². The van der Waals surface area contributed by atoms with Gasteiger partial charge in [-0.25, -0.2) is 0 Å². The maximum Gasteiger partial charge on any atom is 0.178 e. The molecule has 0 aromatic heterocycles. The van der Waals surface area contributed by atoms with Gasteiger partial charge in [-0.1, -0.05) is 121 Å². The van der Waals surface area contributed by atoms with Crippen molar-refractivity contribution in [1.29, 1.82) is 0 Å². The van der Waals surface area contributed by atoms with Gasteiger partial charge in [-0.3, -0.25) is 9.59 Å². The van der Waals surface area contributed by atoms with Crippen molar-refractivity contribution < 1.29 is 19.1 Å². The molecule has 0 N–H and O–H groups in total. The fourth-order valence-electron chi connectivity index (χ4n) is 8.52. The van der Waals surface area contributed by atoms with Gasteiger partial charge in [-0.15, -0.1) is 0 Å². The number of ether oxygens (including phenoxy) is 2. The van der Waals surface area contributed by atoms with Gasteiger partial charge < -0.3 is 9.47 Å². The number of benzene rings is 6. The molecule has 260 valence electrons. The summed E-state index contributed by atoms with van der Waals surface area (Å²) in [5, 5.41) is 4.70. The van der Waals surface area contributed by atoms with Crippen LogP contribution >= 0.6 is 0 Å². The fraction of sp³-hybridized carbons (Fsp3) is 0.0800. The van der Waals surface area contributed by atoms with Crippen molar-refractivity contribution in [3.8, 4) is 22.6 Å². The van der Waals surface area contributed by atoms with E-state index in [0.717, 1.165) is 44.9 Å². The first-order valence-corrected chi connectivity index (χ1v) is 18.1. The molecule has 0 saturated heterocycles. The number of carbonyl (C=O) groups is 2. The third kappa shape index (κ3) is 5.64. The van der Waals surface area contributed by atoms with Gasteiger partial charge in [0.25, 0.3) is 0 Å². The van der Waals surface area contributed by atoms with E-state index in [-0.39, 0.29) is 23.4 Å². The molecule has 9 rings (SSSR count). The average molecular weight is 701 g/mol. The summed E-state index contributed by atoms with van der Waals surface area (Å²) in [6.45, 7) is 0. The normalized spacial score (nSPS) is 17.1. The number of rotatable bonds is 6. The third-order valence-electron chi connectivity index (χ3n) is 10.9. The quantitative estimate of drug-likeness (QED) is 0.174. The molecule has 0 bridgehead atoms. The Hall–Kier alpha value is -6.78. The Labute approximate surface area is 314 Å². The summed E-state index contributed by atoms with van der Waals surface area (Å²) in [5.41, 5.74) is 10.9. The molecule has 0 spiro atoms. The SMILES string of the molecule is COc1ccc(C(=C2C=CC(=O)C=C2)[C@H]2c3ccc4ccccc4c3-c3c(ccc4ccccc34)[C@@H]2C(=C2C=CC(=O)C=C2)c2ccc(OC)cc2)cc1. The lowest BCUT2D eigenvalue weighted by Crippen LogP contribution is -2.23. The minimum atomic E-state index is -0.242. The lowest BCUT2D eigenvalue weighted by atomic mass is 9.61. The summed E-state index contributed by atoms with van der Waals surface area (Å²) in [6, 6.07) is 42.8. The van der Waals surface area contributed by atoms with Crippen molar-refractivity contribution >= 4 is 44.3 Å². The van der Waals surface area contributed by atoms with Gasteiger partial charge in [0, 0.05) is 11.8 Å². The zero-order chi connectivity index (χ0) is 36.8. The lowest BCUT2D eigenvalue weighted by molar-refractivity contribution is -0.111. The number of methoxy groups -OCH3 is 2. The Morgan fingerprint density at radius 3 is 1.17 bits per heavy atom. The predicted molar refractivity (Wildman–Crippen MR) is 219 cm³/mol. The van der Waals surface area contributed by atoms with Crippen LogP contribution in [-0.4, -0.2) is 25.8 Å². The van der Waals surface area contributed by atoms with Crippen LogP contribution in [0, 0.1) is 0 Å². The molecule has 0 unspecified atom stereocenters. The van der Waals surface area contributed by atoms with E-state index in [0.29, 0.717) is 0 Å². The Kier molecular flexibility index (Phi) is 8.36. The highest BCUT2D eigenvalue weighted by Crippen LogP contribution is 2.60. The van der Waals surface area contributed by atoms with Gasteiger partial charge in [0.1, 0.15) is 11.5 Å². The largest absolute Gasteiger partial charge is 0.497 e. The summed E-state index contributed by atoms with van der Waals surface area (Å²) in [4.78, 5) is 25.3. The molecule has 6 aromatic carbocycles. The molecule has 3 aliphatic rings. The van der Waals surface area contributed by atoms with Crippen molar-refractivity contribution in [1.82, 2.24) is 0 Å². The van der Waals surface area contributed by atoms with Crippen molar-refractivity contribution in [2.24, 2.45) is 0 Å². The molecule has 0 radical (unpaired) electrons. The number of carbonyl (C=O) groups excluding carboxylic acids is 2. The maximum absolute atomic E-state index is 12.6. The highest BCUT2D eigenvalue weighted by molar-refractivity contribution is 6.12. The molecule has 4 nitrogen and oxygen atoms in total. The summed E-state index contributed by atoms with van der Waals surface area (Å²) in [7, 11) is 3.35. The van der Waals surface area contributed by atoms with Crippen LogP contribution < -0.4 is 9.47 Å². The zero-order valence-electron chi connectivity index (χ0n) is 30.0. The van der Waals surface area contributed by atoms with E-state index in [1.54, 1.807) is 38.5 Å². The van der Waals surface area contributed by atoms with E-state index in [4.69, 9.17) is 9.47 Å². The topological polar surface area (TPSA) is 52.6 Å². The summed E-state index contributed by atoms with van der Waals surface area (Å²) < 4.78 is 11.2. The number of hydrogen-bond donors (Lipinski definition) is 0. The number of hydrogen-bond acceptors (Lipinski definition) is 4. The monoisotopic (exact) mass is 700 g/mol. The fourth-order valence-corrected chi connectivity index (χ4v) is 8.52. The molecule has 0 fully saturated rings. The van der Waals surface area contributed by atoms with Crippen LogP contribution in [0.3, 0.4) is 0 Å². The first-order chi connectivity index (χ1) is 26.5. The number of allylic oxidation sites excluding steroid dienone is 12. The van der Waals surface area contributed by atoms with E-state index in [1.807, 2.05) is 48.6 Å². The molecule has 3 aliphatic carbocycles. The molecule has 6 aromatic rings. The molecular formula is C50H36O4. The molecule has 0 saturated carbocycles. The van der Waals surface area contributed by atoms with Crippen LogP contribution in [0.4, 0.5) is 0 Å². The standard InChI is InChI=1S/C50H36O4/c1-53-39-25-15-35(16-26-39)45(33-11-21-37(51)22-12-33)49-43-29-19-31-7-3-5-9-41(31)47(43)48-42-10-6-4-8-32(42)20-30-44(48)50(49)46(34-13-23-38(52)24-14-34)36-17-27-40(54-2)28-18-36/h3-30,49-50H,1-2H3/t49-,50-/m1/s1. The Morgan fingerprint density at radius 2 is 0.796 bits per heavy atom. The molecule has 0 heterocycles. The second-order valence-electron chi connectivity index (χ2n) is 13.8. The van der Waals surface area contributed by atoms with E-state index >= 15 is 0 Å². The van der Waals surface area contributed by atoms with Crippen LogP contribution in [0.2, 0.25) is 0 Å². The average Bonchev–Trinajstić information content (AvgIpc) is 3.23. The van der Waals surface area contributed by atoms with Crippen LogP contribution in [0.1, 0.15) is 34.1 Å². The summed E-state index contributed by atoms with van der Waals surface area (Å²) >= 11 is 0. The van der Waals surface area contributed by atoms with Crippen molar-refractivity contribution in [2.45, 2.75) is 11.8 Å². The van der Waals surface area contributed by atoms with Gasteiger partial charge in [-0.2, -0.15) is 0 Å². The second-order valence-corrected chi connectivity index (χ2v) is 13.8. The van der Waals surface area contributed by atoms with Gasteiger partial charge >= 0.3 is 0 Å². The van der Waals surface area contributed by atoms with E-state index in [1.165, 1.54) is 43.8 Å². The van der Waals surface area contributed by atoms with Crippen molar-refractivity contribution in [2.75, 3.05) is 14.2 Å². The first kappa shape index (κ1) is 33.1. The molecular weight excluding hydrogens is 665 g/mol. The molecule has 4 heteroatoms. The van der Waals surface area contributed by atoms with Crippen molar-refractivity contribution in [3.63, 3.8) is 0 Å². The lowest BCUT2D eigenvalue weighted by Gasteiger charge is -2.41. The third-order valence-corrected chi connectivity index (χ3v) is 10.9. The van der Waals surface area contributed by atoms with Gasteiger partial charge in [0.05, 0.1) is 14.2 Å². The van der Waals surface area contributed by atoms with E-state index in [9.17, 15) is 9.59 Å². The Balaban J connectivity index is 1.47. The van der Waals surface area contributed by atoms with E-state index in [2.05, 4.69) is 97.1 Å². The van der Waals surface area contributed by atoms with Crippen LogP contribution in [-0.2, 0) is 9.59 Å². The van der Waals surface area contributed by atoms with Crippen LogP contribution in [0.5, 0.6) is 11.5 Å². The molecule has 0 amide bonds. The Morgan fingerprint density at radius 1 is 0.426 bits per heavy atom. The number of fused-ring (bicyclic) bond motifs is 7. The van der Waals surface area contributed by atoms with Gasteiger partial charge in [0.2, 0.25) is 0 Å². The van der Waals surface area contributed by atoms with E-state index < -0.39 is 0 Å². The molecule has 54 heavy (non-hydrogen) atoms. The zero-order valence-corrected chi connectivity index (χ0v) is 30.0.